The fourth-order valence-corrected chi connectivity index (χ4v) is 6.02. The van der Waals surface area contributed by atoms with Crippen molar-refractivity contribution >= 4 is 22.6 Å². The molecule has 2 fully saturated rings. The normalized spacial score (nSPS) is 31.3. The van der Waals surface area contributed by atoms with Crippen LogP contribution in [-0.2, 0) is 27.9 Å². The molecule has 0 N–H and O–H groups in total. The molecule has 0 unspecified atom stereocenters. The van der Waals surface area contributed by atoms with Crippen molar-refractivity contribution < 1.29 is 27.9 Å². The largest absolute Gasteiger partial charge is 0.455 e. The van der Waals surface area contributed by atoms with Gasteiger partial charge in [-0.3, -0.25) is 0 Å². The highest BCUT2D eigenvalue weighted by molar-refractivity contribution is 6.74. The zero-order chi connectivity index (χ0) is 23.5. The number of fused-ring (bicyclic) bond motifs is 1. The van der Waals surface area contributed by atoms with E-state index in [0.717, 1.165) is 0 Å². The third-order valence-corrected chi connectivity index (χ3v) is 16.3. The Bertz CT molecular complexity index is 647. The highest BCUT2D eigenvalue weighted by Crippen LogP contribution is 2.44. The quantitative estimate of drug-likeness (QED) is 0.413. The number of esters is 1. The number of cyclic esters (lactones) is 1. The van der Waals surface area contributed by atoms with Crippen LogP contribution in [0.25, 0.3) is 0 Å². The molecule has 2 aliphatic rings. The number of ether oxygens (including phenoxy) is 3. The fraction of sp³-hybridized carbons (Fsp3) is 0.955. The Morgan fingerprint density at radius 1 is 0.900 bits per heavy atom. The summed E-state index contributed by atoms with van der Waals surface area (Å²) in [5, 5.41) is 0.0208. The molecule has 30 heavy (non-hydrogen) atoms. The average molecular weight is 461 g/mol. The molecule has 2 rings (SSSR count). The van der Waals surface area contributed by atoms with Gasteiger partial charge in [0, 0.05) is 0 Å². The minimum Gasteiger partial charge on any atom is -0.455 e. The van der Waals surface area contributed by atoms with E-state index in [0.29, 0.717) is 0 Å². The Labute approximate surface area is 185 Å². The minimum absolute atomic E-state index is 0.0344. The molecular weight excluding hydrogens is 416 g/mol. The van der Waals surface area contributed by atoms with Gasteiger partial charge in [0.25, 0.3) is 0 Å². The smallest absolute Gasteiger partial charge is 0.337 e. The molecule has 0 spiro atoms. The zero-order valence-corrected chi connectivity index (χ0v) is 23.3. The highest BCUT2D eigenvalue weighted by atomic mass is 28.4. The van der Waals surface area contributed by atoms with Gasteiger partial charge in [-0.25, -0.2) is 4.79 Å². The first-order valence-electron chi connectivity index (χ1n) is 11.1. The standard InChI is InChI=1S/C22H44O6Si2/c1-14(27-29(10,11)20(2,3)4)15-16-17(26-22(8,9)25-16)18(19(23)24-15)28-30(12,13)21(5,6)7/h14-18H,1-13H3/t14-,15-,16+,17+,18+/m0/s1. The van der Waals surface area contributed by atoms with E-state index in [1.165, 1.54) is 0 Å². The van der Waals surface area contributed by atoms with Crippen LogP contribution < -0.4 is 0 Å². The van der Waals surface area contributed by atoms with Crippen LogP contribution in [0.3, 0.4) is 0 Å². The van der Waals surface area contributed by atoms with Crippen LogP contribution in [0.2, 0.25) is 36.3 Å². The van der Waals surface area contributed by atoms with Crippen LogP contribution >= 0.6 is 0 Å². The van der Waals surface area contributed by atoms with Crippen molar-refractivity contribution in [2.45, 2.75) is 135 Å². The second kappa shape index (κ2) is 7.95. The van der Waals surface area contributed by atoms with Gasteiger partial charge < -0.3 is 23.1 Å². The molecule has 2 saturated heterocycles. The lowest BCUT2D eigenvalue weighted by molar-refractivity contribution is -0.193. The van der Waals surface area contributed by atoms with E-state index in [9.17, 15) is 4.79 Å². The summed E-state index contributed by atoms with van der Waals surface area (Å²) in [5.41, 5.74) is 0. The van der Waals surface area contributed by atoms with E-state index in [1.54, 1.807) is 0 Å². The minimum atomic E-state index is -2.21. The zero-order valence-electron chi connectivity index (χ0n) is 21.3. The maximum Gasteiger partial charge on any atom is 0.337 e. The predicted octanol–water partition coefficient (Wildman–Crippen LogP) is 5.23. The van der Waals surface area contributed by atoms with E-state index in [2.05, 4.69) is 67.7 Å². The third kappa shape index (κ3) is 5.21. The van der Waals surface area contributed by atoms with Crippen LogP contribution in [0.1, 0.15) is 62.3 Å². The third-order valence-electron chi connectivity index (χ3n) is 7.25. The molecule has 0 aromatic carbocycles. The van der Waals surface area contributed by atoms with E-state index < -0.39 is 46.8 Å². The van der Waals surface area contributed by atoms with Gasteiger partial charge in [-0.1, -0.05) is 41.5 Å². The van der Waals surface area contributed by atoms with Crippen LogP contribution in [0, 0.1) is 0 Å². The molecular formula is C22H44O6Si2. The molecule has 5 atom stereocenters. The van der Waals surface area contributed by atoms with Gasteiger partial charge in [0.05, 0.1) is 6.10 Å². The van der Waals surface area contributed by atoms with Gasteiger partial charge in [-0.2, -0.15) is 0 Å². The Hall–Kier alpha value is -0.256. The van der Waals surface area contributed by atoms with Gasteiger partial charge >= 0.3 is 5.97 Å². The second-order valence-corrected chi connectivity index (χ2v) is 21.9. The van der Waals surface area contributed by atoms with E-state index in [-0.39, 0.29) is 22.1 Å². The van der Waals surface area contributed by atoms with Crippen LogP contribution in [0.5, 0.6) is 0 Å². The first kappa shape index (κ1) is 26.0. The molecule has 2 aliphatic heterocycles. The molecule has 6 nitrogen and oxygen atoms in total. The first-order chi connectivity index (χ1) is 13.2. The molecule has 8 heteroatoms. The Kier molecular flexibility index (Phi) is 6.89. The van der Waals surface area contributed by atoms with Crippen molar-refractivity contribution in [3.05, 3.63) is 0 Å². The Morgan fingerprint density at radius 2 is 1.37 bits per heavy atom. The summed E-state index contributed by atoms with van der Waals surface area (Å²) in [5.74, 6) is -1.19. The van der Waals surface area contributed by atoms with E-state index in [4.69, 9.17) is 23.1 Å². The van der Waals surface area contributed by atoms with Crippen LogP contribution in [-0.4, -0.2) is 58.9 Å². The van der Waals surface area contributed by atoms with Crippen LogP contribution in [0.4, 0.5) is 0 Å². The average Bonchev–Trinajstić information content (AvgIpc) is 2.82. The molecule has 0 aromatic heterocycles. The van der Waals surface area contributed by atoms with Crippen molar-refractivity contribution in [3.8, 4) is 0 Å². The van der Waals surface area contributed by atoms with Crippen molar-refractivity contribution in [1.82, 2.24) is 0 Å². The monoisotopic (exact) mass is 460 g/mol. The number of hydrogen-bond acceptors (Lipinski definition) is 6. The van der Waals surface area contributed by atoms with Gasteiger partial charge in [-0.05, 0) is 57.0 Å². The first-order valence-corrected chi connectivity index (χ1v) is 16.9. The number of rotatable bonds is 5. The highest BCUT2D eigenvalue weighted by Gasteiger charge is 2.59. The SMILES string of the molecule is C[C@H](O[Si](C)(C)C(C)(C)C)[C@@H]1OC(=O)[C@H](O[Si](C)(C)C(C)(C)C)[C@@H]2OC(C)(C)O[C@H]12. The second-order valence-electron chi connectivity index (χ2n) is 12.3. The summed E-state index contributed by atoms with van der Waals surface area (Å²) in [6.45, 7) is 27.4. The summed E-state index contributed by atoms with van der Waals surface area (Å²) in [6.07, 6.45) is -2.54. The molecule has 176 valence electrons. The van der Waals surface area contributed by atoms with Gasteiger partial charge in [0.2, 0.25) is 0 Å². The maximum absolute atomic E-state index is 13.1. The number of carbonyl (C=O) groups is 1. The fourth-order valence-electron chi connectivity index (χ4n) is 3.39. The van der Waals surface area contributed by atoms with Crippen molar-refractivity contribution in [3.63, 3.8) is 0 Å². The van der Waals surface area contributed by atoms with Gasteiger partial charge in [-0.15, -0.1) is 0 Å². The number of hydrogen-bond donors (Lipinski definition) is 0. The maximum atomic E-state index is 13.1. The van der Waals surface area contributed by atoms with Crippen molar-refractivity contribution in [2.75, 3.05) is 0 Å². The molecule has 2 heterocycles. The molecule has 0 amide bonds. The number of carbonyl (C=O) groups excluding carboxylic acids is 1. The summed E-state index contributed by atoms with van der Waals surface area (Å²) in [4.78, 5) is 13.1. The van der Waals surface area contributed by atoms with Crippen LogP contribution in [0.15, 0.2) is 0 Å². The molecule has 0 saturated carbocycles. The summed E-state index contributed by atoms with van der Waals surface area (Å²) < 4.78 is 31.4. The molecule has 0 bridgehead atoms. The summed E-state index contributed by atoms with van der Waals surface area (Å²) >= 11 is 0. The lowest BCUT2D eigenvalue weighted by atomic mass is 9.97. The van der Waals surface area contributed by atoms with Gasteiger partial charge in [0.1, 0.15) is 12.2 Å². The Balaban J connectivity index is 2.30. The molecule has 0 aromatic rings. The van der Waals surface area contributed by atoms with E-state index >= 15 is 0 Å². The van der Waals surface area contributed by atoms with Crippen molar-refractivity contribution in [2.24, 2.45) is 0 Å². The molecule has 0 radical (unpaired) electrons. The predicted molar refractivity (Wildman–Crippen MR) is 124 cm³/mol. The summed E-state index contributed by atoms with van der Waals surface area (Å²) in [7, 11) is -4.26. The molecule has 0 aliphatic carbocycles. The summed E-state index contributed by atoms with van der Waals surface area (Å²) in [6, 6.07) is 0. The Morgan fingerprint density at radius 3 is 1.83 bits per heavy atom. The lowest BCUT2D eigenvalue weighted by Crippen LogP contribution is -2.62. The lowest BCUT2D eigenvalue weighted by Gasteiger charge is -2.45. The van der Waals surface area contributed by atoms with E-state index in [1.807, 2.05) is 20.8 Å². The van der Waals surface area contributed by atoms with Crippen molar-refractivity contribution in [1.29, 1.82) is 0 Å². The topological polar surface area (TPSA) is 63.2 Å². The van der Waals surface area contributed by atoms with Gasteiger partial charge in [0.15, 0.2) is 34.6 Å².